The standard InChI is InChI=1S/C23H25N3O2S/c1-17-9-8-10-18(15-17)22-24-25-23(26(22)19-11-4-2-5-12-19)29-16-21(27)28-20-13-6-3-7-14-20/h2,4-5,8-12,15,20H,3,6-7,13-14,16H2,1H3. The van der Waals surface area contributed by atoms with Gasteiger partial charge in [-0.1, -0.05) is 60.1 Å². The average Bonchev–Trinajstić information content (AvgIpc) is 3.18. The summed E-state index contributed by atoms with van der Waals surface area (Å²) in [5, 5.41) is 9.51. The molecule has 0 spiro atoms. The number of aryl methyl sites for hydroxylation is 1. The SMILES string of the molecule is Cc1cccc(-c2nnc(SCC(=O)OC3CCCCC3)n2-c2ccccc2)c1. The summed E-state index contributed by atoms with van der Waals surface area (Å²) in [5.74, 6) is 0.819. The van der Waals surface area contributed by atoms with Crippen LogP contribution in [0.3, 0.4) is 0 Å². The number of ether oxygens (including phenoxy) is 1. The minimum atomic E-state index is -0.179. The number of carbonyl (C=O) groups is 1. The molecule has 6 heteroatoms. The fourth-order valence-electron chi connectivity index (χ4n) is 3.67. The van der Waals surface area contributed by atoms with Crippen molar-refractivity contribution < 1.29 is 9.53 Å². The second kappa shape index (κ2) is 9.27. The van der Waals surface area contributed by atoms with Crippen LogP contribution in [0.1, 0.15) is 37.7 Å². The van der Waals surface area contributed by atoms with Crippen molar-refractivity contribution in [3.63, 3.8) is 0 Å². The van der Waals surface area contributed by atoms with Gasteiger partial charge in [0.25, 0.3) is 0 Å². The highest BCUT2D eigenvalue weighted by Crippen LogP contribution is 2.29. The molecular weight excluding hydrogens is 382 g/mol. The fourth-order valence-corrected chi connectivity index (χ4v) is 4.41. The molecule has 1 aromatic heterocycles. The quantitative estimate of drug-likeness (QED) is 0.415. The number of rotatable bonds is 6. The van der Waals surface area contributed by atoms with Crippen molar-refractivity contribution in [3.8, 4) is 17.1 Å². The van der Waals surface area contributed by atoms with E-state index in [1.165, 1.54) is 18.2 Å². The first kappa shape index (κ1) is 19.7. The molecule has 1 aliphatic rings. The molecule has 5 nitrogen and oxygen atoms in total. The molecule has 0 bridgehead atoms. The third kappa shape index (κ3) is 4.88. The molecule has 3 aromatic rings. The van der Waals surface area contributed by atoms with Crippen LogP contribution in [-0.4, -0.2) is 32.6 Å². The molecule has 1 fully saturated rings. The molecule has 1 aliphatic carbocycles. The van der Waals surface area contributed by atoms with Gasteiger partial charge in [0.1, 0.15) is 6.10 Å². The Labute approximate surface area is 175 Å². The third-order valence-electron chi connectivity index (χ3n) is 5.09. The van der Waals surface area contributed by atoms with Crippen LogP contribution in [0.2, 0.25) is 0 Å². The molecule has 0 aliphatic heterocycles. The number of nitrogens with zero attached hydrogens (tertiary/aromatic N) is 3. The van der Waals surface area contributed by atoms with Gasteiger partial charge in [-0.05, 0) is 50.8 Å². The molecule has 2 aromatic carbocycles. The van der Waals surface area contributed by atoms with Gasteiger partial charge in [0.15, 0.2) is 11.0 Å². The monoisotopic (exact) mass is 407 g/mol. The summed E-state index contributed by atoms with van der Waals surface area (Å²) < 4.78 is 7.66. The van der Waals surface area contributed by atoms with Gasteiger partial charge >= 0.3 is 5.97 Å². The highest BCUT2D eigenvalue weighted by molar-refractivity contribution is 7.99. The van der Waals surface area contributed by atoms with E-state index in [2.05, 4.69) is 29.3 Å². The van der Waals surface area contributed by atoms with Crippen LogP contribution in [0.15, 0.2) is 59.8 Å². The summed E-state index contributed by atoms with van der Waals surface area (Å²) in [4.78, 5) is 12.4. The van der Waals surface area contributed by atoms with E-state index in [1.807, 2.05) is 47.0 Å². The minimum absolute atomic E-state index is 0.0756. The van der Waals surface area contributed by atoms with Crippen LogP contribution in [-0.2, 0) is 9.53 Å². The molecule has 150 valence electrons. The lowest BCUT2D eigenvalue weighted by atomic mass is 9.98. The van der Waals surface area contributed by atoms with Crippen LogP contribution in [0, 0.1) is 6.92 Å². The number of benzene rings is 2. The summed E-state index contributed by atoms with van der Waals surface area (Å²) in [6, 6.07) is 18.2. The third-order valence-corrected chi connectivity index (χ3v) is 6.00. The smallest absolute Gasteiger partial charge is 0.316 e. The van der Waals surface area contributed by atoms with Gasteiger partial charge in [0.05, 0.1) is 5.75 Å². The number of esters is 1. The van der Waals surface area contributed by atoms with E-state index in [-0.39, 0.29) is 17.8 Å². The molecule has 1 saturated carbocycles. The Bertz CT molecular complexity index is 965. The summed E-state index contributed by atoms with van der Waals surface area (Å²) >= 11 is 1.37. The Morgan fingerprint density at radius 1 is 1.07 bits per heavy atom. The lowest BCUT2D eigenvalue weighted by Gasteiger charge is -2.21. The Kier molecular flexibility index (Phi) is 6.30. The predicted octanol–water partition coefficient (Wildman–Crippen LogP) is 5.21. The second-order valence-electron chi connectivity index (χ2n) is 7.39. The molecule has 0 saturated heterocycles. The first-order valence-electron chi connectivity index (χ1n) is 10.1. The summed E-state index contributed by atoms with van der Waals surface area (Å²) in [6.07, 6.45) is 5.57. The van der Waals surface area contributed by atoms with Crippen molar-refractivity contribution in [2.45, 2.75) is 50.3 Å². The summed E-state index contributed by atoms with van der Waals surface area (Å²) in [6.45, 7) is 2.06. The van der Waals surface area contributed by atoms with Gasteiger partial charge < -0.3 is 4.74 Å². The van der Waals surface area contributed by atoms with Crippen LogP contribution in [0.4, 0.5) is 0 Å². The maximum Gasteiger partial charge on any atom is 0.316 e. The highest BCUT2D eigenvalue weighted by Gasteiger charge is 2.20. The molecule has 0 amide bonds. The highest BCUT2D eigenvalue weighted by atomic mass is 32.2. The lowest BCUT2D eigenvalue weighted by Crippen LogP contribution is -2.22. The van der Waals surface area contributed by atoms with Crippen molar-refractivity contribution in [3.05, 3.63) is 60.2 Å². The second-order valence-corrected chi connectivity index (χ2v) is 8.33. The first-order chi connectivity index (χ1) is 14.2. The zero-order valence-electron chi connectivity index (χ0n) is 16.6. The van der Waals surface area contributed by atoms with Crippen molar-refractivity contribution in [2.75, 3.05) is 5.75 Å². The van der Waals surface area contributed by atoms with E-state index < -0.39 is 0 Å². The van der Waals surface area contributed by atoms with E-state index in [0.29, 0.717) is 5.16 Å². The van der Waals surface area contributed by atoms with Crippen molar-refractivity contribution in [1.82, 2.24) is 14.8 Å². The normalized spacial score (nSPS) is 14.7. The maximum absolute atomic E-state index is 12.4. The first-order valence-corrected chi connectivity index (χ1v) is 11.1. The molecule has 4 rings (SSSR count). The molecule has 29 heavy (non-hydrogen) atoms. The van der Waals surface area contributed by atoms with Gasteiger partial charge in [-0.3, -0.25) is 9.36 Å². The van der Waals surface area contributed by atoms with E-state index in [9.17, 15) is 4.79 Å². The number of thioether (sulfide) groups is 1. The van der Waals surface area contributed by atoms with Crippen LogP contribution in [0.25, 0.3) is 17.1 Å². The number of aromatic nitrogens is 3. The molecule has 0 atom stereocenters. The number of para-hydroxylation sites is 1. The molecule has 1 heterocycles. The predicted molar refractivity (Wildman–Crippen MR) is 115 cm³/mol. The average molecular weight is 408 g/mol. The molecule has 0 radical (unpaired) electrons. The number of hydrogen-bond acceptors (Lipinski definition) is 5. The number of carbonyl (C=O) groups excluding carboxylic acids is 1. The van der Waals surface area contributed by atoms with Crippen LogP contribution in [0.5, 0.6) is 0 Å². The zero-order chi connectivity index (χ0) is 20.1. The Morgan fingerprint density at radius 2 is 1.86 bits per heavy atom. The van der Waals surface area contributed by atoms with Gasteiger partial charge in [-0.2, -0.15) is 0 Å². The minimum Gasteiger partial charge on any atom is -0.462 e. The number of hydrogen-bond donors (Lipinski definition) is 0. The zero-order valence-corrected chi connectivity index (χ0v) is 17.4. The molecular formula is C23H25N3O2S. The lowest BCUT2D eigenvalue weighted by molar-refractivity contribution is -0.147. The van der Waals surface area contributed by atoms with Gasteiger partial charge in [-0.15, -0.1) is 10.2 Å². The van der Waals surface area contributed by atoms with Gasteiger partial charge in [-0.25, -0.2) is 0 Å². The van der Waals surface area contributed by atoms with E-state index in [0.717, 1.165) is 48.3 Å². The van der Waals surface area contributed by atoms with E-state index in [1.54, 1.807) is 0 Å². The maximum atomic E-state index is 12.4. The van der Waals surface area contributed by atoms with Crippen LogP contribution < -0.4 is 0 Å². The van der Waals surface area contributed by atoms with Crippen molar-refractivity contribution >= 4 is 17.7 Å². The Morgan fingerprint density at radius 3 is 2.62 bits per heavy atom. The fraction of sp³-hybridized carbons (Fsp3) is 0.348. The van der Waals surface area contributed by atoms with Crippen LogP contribution >= 0.6 is 11.8 Å². The molecule has 0 unspecified atom stereocenters. The molecule has 0 N–H and O–H groups in total. The topological polar surface area (TPSA) is 57.0 Å². The largest absolute Gasteiger partial charge is 0.462 e. The summed E-state index contributed by atoms with van der Waals surface area (Å²) in [5.41, 5.74) is 3.13. The Hall–Kier alpha value is -2.60. The summed E-state index contributed by atoms with van der Waals surface area (Å²) in [7, 11) is 0. The van der Waals surface area contributed by atoms with E-state index in [4.69, 9.17) is 4.74 Å². The van der Waals surface area contributed by atoms with Crippen molar-refractivity contribution in [2.24, 2.45) is 0 Å². The van der Waals surface area contributed by atoms with Gasteiger partial charge in [0.2, 0.25) is 0 Å². The van der Waals surface area contributed by atoms with E-state index >= 15 is 0 Å². The Balaban J connectivity index is 1.56. The van der Waals surface area contributed by atoms with Crippen molar-refractivity contribution in [1.29, 1.82) is 0 Å². The van der Waals surface area contributed by atoms with Gasteiger partial charge in [0, 0.05) is 11.3 Å².